The SMILES string of the molecule is C=CCc1cc(C=Nc2ccccc2)c(O)c(OC)c1. The van der Waals surface area contributed by atoms with Crippen molar-refractivity contribution in [3.05, 3.63) is 66.2 Å². The third kappa shape index (κ3) is 3.26. The Morgan fingerprint density at radius 3 is 2.65 bits per heavy atom. The average Bonchev–Trinajstić information content (AvgIpc) is 2.48. The predicted octanol–water partition coefficient (Wildman–Crippen LogP) is 3.88. The van der Waals surface area contributed by atoms with Crippen LogP contribution >= 0.6 is 0 Å². The van der Waals surface area contributed by atoms with E-state index in [2.05, 4.69) is 11.6 Å². The summed E-state index contributed by atoms with van der Waals surface area (Å²) in [6.07, 6.45) is 4.16. The largest absolute Gasteiger partial charge is 0.504 e. The molecule has 0 aliphatic rings. The number of phenols is 1. The molecule has 1 N–H and O–H groups in total. The number of rotatable bonds is 5. The van der Waals surface area contributed by atoms with E-state index in [-0.39, 0.29) is 5.75 Å². The fraction of sp³-hybridized carbons (Fsp3) is 0.118. The van der Waals surface area contributed by atoms with E-state index < -0.39 is 0 Å². The number of phenolic OH excluding ortho intramolecular Hbond substituents is 1. The number of hydrogen-bond acceptors (Lipinski definition) is 3. The van der Waals surface area contributed by atoms with Gasteiger partial charge in [0, 0.05) is 11.8 Å². The maximum atomic E-state index is 10.1. The van der Waals surface area contributed by atoms with Gasteiger partial charge in [-0.3, -0.25) is 4.99 Å². The number of allylic oxidation sites excluding steroid dienone is 1. The van der Waals surface area contributed by atoms with Gasteiger partial charge in [-0.05, 0) is 36.2 Å². The number of aliphatic imine (C=N–C) groups is 1. The molecule has 20 heavy (non-hydrogen) atoms. The molecule has 3 nitrogen and oxygen atoms in total. The Bertz CT molecular complexity index is 618. The zero-order valence-electron chi connectivity index (χ0n) is 11.4. The molecule has 2 rings (SSSR count). The van der Waals surface area contributed by atoms with Crippen LogP contribution in [0, 0.1) is 0 Å². The Labute approximate surface area is 118 Å². The molecule has 0 heterocycles. The second-order valence-electron chi connectivity index (χ2n) is 4.32. The molecule has 0 bridgehead atoms. The lowest BCUT2D eigenvalue weighted by atomic mass is 10.1. The highest BCUT2D eigenvalue weighted by Gasteiger charge is 2.08. The van der Waals surface area contributed by atoms with E-state index in [0.29, 0.717) is 17.7 Å². The molecule has 102 valence electrons. The Morgan fingerprint density at radius 1 is 1.25 bits per heavy atom. The summed E-state index contributed by atoms with van der Waals surface area (Å²) in [4.78, 5) is 4.35. The molecule has 0 aromatic heterocycles. The summed E-state index contributed by atoms with van der Waals surface area (Å²) in [6.45, 7) is 3.72. The summed E-state index contributed by atoms with van der Waals surface area (Å²) in [5.41, 5.74) is 2.48. The van der Waals surface area contributed by atoms with Gasteiger partial charge in [-0.2, -0.15) is 0 Å². The van der Waals surface area contributed by atoms with Gasteiger partial charge < -0.3 is 9.84 Å². The van der Waals surface area contributed by atoms with Crippen molar-refractivity contribution in [2.24, 2.45) is 4.99 Å². The van der Waals surface area contributed by atoms with E-state index >= 15 is 0 Å². The molecule has 0 radical (unpaired) electrons. The molecule has 0 saturated carbocycles. The Kier molecular flexibility index (Phi) is 4.56. The quantitative estimate of drug-likeness (QED) is 0.659. The molecule has 0 unspecified atom stereocenters. The first-order valence-electron chi connectivity index (χ1n) is 6.34. The summed E-state index contributed by atoms with van der Waals surface area (Å²) in [5.74, 6) is 0.541. The van der Waals surface area contributed by atoms with E-state index in [1.807, 2.05) is 42.5 Å². The smallest absolute Gasteiger partial charge is 0.166 e. The van der Waals surface area contributed by atoms with Gasteiger partial charge in [-0.1, -0.05) is 24.3 Å². The molecule has 2 aromatic carbocycles. The van der Waals surface area contributed by atoms with Crippen molar-refractivity contribution < 1.29 is 9.84 Å². The zero-order valence-corrected chi connectivity index (χ0v) is 11.4. The molecule has 0 fully saturated rings. The van der Waals surface area contributed by atoms with Crippen molar-refractivity contribution in [2.75, 3.05) is 7.11 Å². The number of hydrogen-bond donors (Lipinski definition) is 1. The van der Waals surface area contributed by atoms with E-state index in [4.69, 9.17) is 4.74 Å². The van der Waals surface area contributed by atoms with Crippen LogP contribution in [0.15, 0.2) is 60.1 Å². The van der Waals surface area contributed by atoms with Gasteiger partial charge in [0.2, 0.25) is 0 Å². The maximum Gasteiger partial charge on any atom is 0.166 e. The first-order valence-corrected chi connectivity index (χ1v) is 6.34. The van der Waals surface area contributed by atoms with Gasteiger partial charge in [-0.15, -0.1) is 6.58 Å². The molecule has 0 atom stereocenters. The highest BCUT2D eigenvalue weighted by atomic mass is 16.5. The monoisotopic (exact) mass is 267 g/mol. The van der Waals surface area contributed by atoms with E-state index in [1.165, 1.54) is 7.11 Å². The van der Waals surface area contributed by atoms with Crippen LogP contribution in [0.4, 0.5) is 5.69 Å². The van der Waals surface area contributed by atoms with Crippen molar-refractivity contribution in [1.82, 2.24) is 0 Å². The van der Waals surface area contributed by atoms with Gasteiger partial charge in [0.15, 0.2) is 11.5 Å². The molecule has 0 aliphatic carbocycles. The van der Waals surface area contributed by atoms with Gasteiger partial charge in [-0.25, -0.2) is 0 Å². The van der Waals surface area contributed by atoms with Gasteiger partial charge in [0.25, 0.3) is 0 Å². The Morgan fingerprint density at radius 2 is 2.00 bits per heavy atom. The third-order valence-corrected chi connectivity index (χ3v) is 2.87. The summed E-state index contributed by atoms with van der Waals surface area (Å²) >= 11 is 0. The number of benzene rings is 2. The predicted molar refractivity (Wildman–Crippen MR) is 82.3 cm³/mol. The molecular weight excluding hydrogens is 250 g/mol. The molecule has 0 spiro atoms. The van der Waals surface area contributed by atoms with E-state index in [0.717, 1.165) is 11.3 Å². The number of para-hydroxylation sites is 1. The van der Waals surface area contributed by atoms with Crippen LogP contribution in [0.3, 0.4) is 0 Å². The molecular formula is C17H17NO2. The fourth-order valence-electron chi connectivity index (χ4n) is 1.89. The minimum Gasteiger partial charge on any atom is -0.504 e. The minimum absolute atomic E-state index is 0.0972. The van der Waals surface area contributed by atoms with Crippen molar-refractivity contribution >= 4 is 11.9 Å². The molecule has 3 heteroatoms. The lowest BCUT2D eigenvalue weighted by Gasteiger charge is -2.08. The zero-order chi connectivity index (χ0) is 14.4. The van der Waals surface area contributed by atoms with Crippen LogP contribution in [-0.2, 0) is 6.42 Å². The van der Waals surface area contributed by atoms with Gasteiger partial charge >= 0.3 is 0 Å². The van der Waals surface area contributed by atoms with Crippen LogP contribution < -0.4 is 4.74 Å². The number of aromatic hydroxyl groups is 1. The highest BCUT2D eigenvalue weighted by Crippen LogP contribution is 2.31. The minimum atomic E-state index is 0.0972. The standard InChI is InChI=1S/C17H17NO2/c1-3-7-13-10-14(17(19)16(11-13)20-2)12-18-15-8-5-4-6-9-15/h3-6,8-12,19H,1,7H2,2H3. The number of nitrogens with zero attached hydrogens (tertiary/aromatic N) is 1. The first kappa shape index (κ1) is 13.9. The normalized spacial score (nSPS) is 10.7. The first-order chi connectivity index (χ1) is 9.74. The van der Waals surface area contributed by atoms with Gasteiger partial charge in [0.05, 0.1) is 12.8 Å². The lowest BCUT2D eigenvalue weighted by molar-refractivity contribution is 0.372. The summed E-state index contributed by atoms with van der Waals surface area (Å²) < 4.78 is 5.18. The summed E-state index contributed by atoms with van der Waals surface area (Å²) in [7, 11) is 1.53. The van der Waals surface area contributed by atoms with Crippen molar-refractivity contribution in [2.45, 2.75) is 6.42 Å². The second kappa shape index (κ2) is 6.57. The third-order valence-electron chi connectivity index (χ3n) is 2.87. The number of methoxy groups -OCH3 is 1. The van der Waals surface area contributed by atoms with Crippen molar-refractivity contribution in [1.29, 1.82) is 0 Å². The van der Waals surface area contributed by atoms with Crippen LogP contribution in [0.1, 0.15) is 11.1 Å². The van der Waals surface area contributed by atoms with Gasteiger partial charge in [0.1, 0.15) is 0 Å². The lowest BCUT2D eigenvalue weighted by Crippen LogP contribution is -1.92. The molecule has 0 saturated heterocycles. The van der Waals surface area contributed by atoms with Crippen molar-refractivity contribution in [3.63, 3.8) is 0 Å². The Hall–Kier alpha value is -2.55. The Balaban J connectivity index is 2.37. The second-order valence-corrected chi connectivity index (χ2v) is 4.32. The topological polar surface area (TPSA) is 41.8 Å². The molecule has 0 aliphatic heterocycles. The van der Waals surface area contributed by atoms with Crippen LogP contribution in [-0.4, -0.2) is 18.4 Å². The van der Waals surface area contributed by atoms with Crippen LogP contribution in [0.5, 0.6) is 11.5 Å². The van der Waals surface area contributed by atoms with Crippen LogP contribution in [0.2, 0.25) is 0 Å². The maximum absolute atomic E-state index is 10.1. The molecule has 0 amide bonds. The highest BCUT2D eigenvalue weighted by molar-refractivity contribution is 5.87. The fourth-order valence-corrected chi connectivity index (χ4v) is 1.89. The van der Waals surface area contributed by atoms with Crippen LogP contribution in [0.25, 0.3) is 0 Å². The van der Waals surface area contributed by atoms with E-state index in [9.17, 15) is 5.11 Å². The summed E-state index contributed by atoms with van der Waals surface area (Å²) in [5, 5.41) is 10.1. The van der Waals surface area contributed by atoms with Crippen molar-refractivity contribution in [3.8, 4) is 11.5 Å². The van der Waals surface area contributed by atoms with E-state index in [1.54, 1.807) is 12.3 Å². The number of ether oxygens (including phenoxy) is 1. The molecule has 2 aromatic rings. The summed E-state index contributed by atoms with van der Waals surface area (Å²) in [6, 6.07) is 13.3. The average molecular weight is 267 g/mol.